The minimum Gasteiger partial charge on any atom is -0.366 e. The average Bonchev–Trinajstić information content (AvgIpc) is 2.27. The van der Waals surface area contributed by atoms with Crippen LogP contribution in [-0.4, -0.2) is 19.7 Å². The SMILES string of the molecule is [B]C(CC)c1cc(C(N)=O)cc(C(N)=O)c1. The molecule has 2 amide bonds. The molecule has 1 rings (SSSR count). The Hall–Kier alpha value is -1.78. The van der Waals surface area contributed by atoms with Gasteiger partial charge in [-0.2, -0.15) is 0 Å². The van der Waals surface area contributed by atoms with E-state index in [0.29, 0.717) is 12.0 Å². The minimum atomic E-state index is -0.604. The van der Waals surface area contributed by atoms with Crippen molar-refractivity contribution in [3.63, 3.8) is 0 Å². The van der Waals surface area contributed by atoms with E-state index in [4.69, 9.17) is 19.3 Å². The van der Waals surface area contributed by atoms with Crippen LogP contribution in [0, 0.1) is 0 Å². The zero-order valence-corrected chi connectivity index (χ0v) is 9.07. The van der Waals surface area contributed by atoms with Crippen molar-refractivity contribution in [1.82, 2.24) is 0 Å². The number of primary amides is 2. The molecule has 0 saturated carbocycles. The normalized spacial score (nSPS) is 12.1. The predicted molar refractivity (Wildman–Crippen MR) is 62.3 cm³/mol. The molecule has 1 aromatic rings. The molecule has 0 spiro atoms. The molecule has 1 unspecified atom stereocenters. The summed E-state index contributed by atoms with van der Waals surface area (Å²) in [6.07, 6.45) is 0.695. The van der Waals surface area contributed by atoms with Gasteiger partial charge in [0.25, 0.3) is 0 Å². The lowest BCUT2D eigenvalue weighted by Crippen LogP contribution is -2.16. The molecule has 5 heteroatoms. The van der Waals surface area contributed by atoms with Crippen LogP contribution in [0.15, 0.2) is 18.2 Å². The highest BCUT2D eigenvalue weighted by molar-refractivity contribution is 6.12. The van der Waals surface area contributed by atoms with Crippen molar-refractivity contribution in [1.29, 1.82) is 0 Å². The van der Waals surface area contributed by atoms with Gasteiger partial charge < -0.3 is 11.5 Å². The number of carbonyl (C=O) groups excluding carboxylic acids is 2. The van der Waals surface area contributed by atoms with E-state index in [-0.39, 0.29) is 16.9 Å². The molecule has 1 atom stereocenters. The van der Waals surface area contributed by atoms with Gasteiger partial charge in [0.15, 0.2) is 0 Å². The van der Waals surface area contributed by atoms with Gasteiger partial charge in [0.1, 0.15) is 0 Å². The van der Waals surface area contributed by atoms with Crippen LogP contribution in [0.3, 0.4) is 0 Å². The smallest absolute Gasteiger partial charge is 0.248 e. The molecule has 82 valence electrons. The van der Waals surface area contributed by atoms with Crippen molar-refractivity contribution in [3.05, 3.63) is 34.9 Å². The van der Waals surface area contributed by atoms with Gasteiger partial charge in [-0.15, -0.1) is 0 Å². The fourth-order valence-electron chi connectivity index (χ4n) is 1.39. The summed E-state index contributed by atoms with van der Waals surface area (Å²) < 4.78 is 0. The number of rotatable bonds is 4. The number of nitrogens with two attached hydrogens (primary N) is 2. The fraction of sp³-hybridized carbons (Fsp3) is 0.273. The van der Waals surface area contributed by atoms with Crippen molar-refractivity contribution >= 4 is 19.7 Å². The number of hydrogen-bond acceptors (Lipinski definition) is 2. The molecule has 0 heterocycles. The monoisotopic (exact) mass is 216 g/mol. The van der Waals surface area contributed by atoms with Crippen molar-refractivity contribution in [2.45, 2.75) is 19.2 Å². The van der Waals surface area contributed by atoms with Crippen LogP contribution in [-0.2, 0) is 0 Å². The van der Waals surface area contributed by atoms with Gasteiger partial charge in [0.05, 0.1) is 7.85 Å². The second kappa shape index (κ2) is 4.83. The lowest BCUT2D eigenvalue weighted by Gasteiger charge is -2.11. The summed E-state index contributed by atoms with van der Waals surface area (Å²) >= 11 is 0. The fourth-order valence-corrected chi connectivity index (χ4v) is 1.39. The summed E-state index contributed by atoms with van der Waals surface area (Å²) in [5, 5.41) is 0. The Bertz CT molecular complexity index is 400. The Morgan fingerprint density at radius 2 is 1.62 bits per heavy atom. The van der Waals surface area contributed by atoms with Crippen LogP contribution < -0.4 is 11.5 Å². The molecule has 0 aliphatic rings. The molecule has 0 aliphatic carbocycles. The molecule has 0 saturated heterocycles. The summed E-state index contributed by atoms with van der Waals surface area (Å²) in [5.41, 5.74) is 11.5. The van der Waals surface area contributed by atoms with Gasteiger partial charge in [0.2, 0.25) is 11.8 Å². The maximum atomic E-state index is 11.1. The zero-order valence-electron chi connectivity index (χ0n) is 9.07. The lowest BCUT2D eigenvalue weighted by molar-refractivity contribution is 0.0999. The van der Waals surface area contributed by atoms with E-state index >= 15 is 0 Å². The van der Waals surface area contributed by atoms with Gasteiger partial charge in [-0.1, -0.05) is 24.7 Å². The van der Waals surface area contributed by atoms with Gasteiger partial charge in [-0.3, -0.25) is 9.59 Å². The Balaban J connectivity index is 3.29. The van der Waals surface area contributed by atoms with E-state index in [1.165, 1.54) is 6.07 Å². The van der Waals surface area contributed by atoms with E-state index in [1.54, 1.807) is 12.1 Å². The van der Waals surface area contributed by atoms with Gasteiger partial charge in [-0.25, -0.2) is 0 Å². The van der Waals surface area contributed by atoms with Gasteiger partial charge in [0, 0.05) is 11.1 Å². The van der Waals surface area contributed by atoms with Crippen LogP contribution in [0.5, 0.6) is 0 Å². The zero-order chi connectivity index (χ0) is 12.3. The van der Waals surface area contributed by atoms with Gasteiger partial charge >= 0.3 is 0 Å². The standard InChI is InChI=1S/C11H13BN2O2/c1-2-9(12)6-3-7(10(13)15)5-8(4-6)11(14)16/h3-5,9H,2H2,1H3,(H2,13,15)(H2,14,16). The Kier molecular flexibility index (Phi) is 3.71. The largest absolute Gasteiger partial charge is 0.366 e. The Morgan fingerprint density at radius 3 is 1.94 bits per heavy atom. The molecular weight excluding hydrogens is 203 g/mol. The number of hydrogen-bond donors (Lipinski definition) is 2. The summed E-state index contributed by atoms with van der Waals surface area (Å²) in [4.78, 5) is 22.1. The van der Waals surface area contributed by atoms with Crippen LogP contribution in [0.1, 0.15) is 45.4 Å². The minimum absolute atomic E-state index is 0.239. The first-order chi connectivity index (χ1) is 7.45. The van der Waals surface area contributed by atoms with E-state index in [0.717, 1.165) is 0 Å². The van der Waals surface area contributed by atoms with Crippen LogP contribution in [0.4, 0.5) is 0 Å². The maximum absolute atomic E-state index is 11.1. The maximum Gasteiger partial charge on any atom is 0.248 e. The van der Waals surface area contributed by atoms with Crippen molar-refractivity contribution < 1.29 is 9.59 Å². The second-order valence-electron chi connectivity index (χ2n) is 3.59. The summed E-state index contributed by atoms with van der Waals surface area (Å²) in [6, 6.07) is 4.54. The molecule has 4 N–H and O–H groups in total. The van der Waals surface area contributed by atoms with E-state index in [1.807, 2.05) is 6.92 Å². The predicted octanol–water partition coefficient (Wildman–Crippen LogP) is 0.504. The first-order valence-corrected chi connectivity index (χ1v) is 4.96. The molecule has 0 aromatic heterocycles. The highest BCUT2D eigenvalue weighted by Crippen LogP contribution is 2.19. The molecule has 16 heavy (non-hydrogen) atoms. The highest BCUT2D eigenvalue weighted by atomic mass is 16.1. The number of amides is 2. The van der Waals surface area contributed by atoms with Crippen LogP contribution in [0.2, 0.25) is 0 Å². The van der Waals surface area contributed by atoms with Crippen molar-refractivity contribution in [3.8, 4) is 0 Å². The molecule has 1 aromatic carbocycles. The Labute approximate surface area is 95.4 Å². The number of carbonyl (C=O) groups is 2. The van der Waals surface area contributed by atoms with Crippen LogP contribution in [0.25, 0.3) is 0 Å². The number of benzene rings is 1. The topological polar surface area (TPSA) is 86.2 Å². The average molecular weight is 216 g/mol. The highest BCUT2D eigenvalue weighted by Gasteiger charge is 2.11. The third-order valence-electron chi connectivity index (χ3n) is 2.39. The third-order valence-corrected chi connectivity index (χ3v) is 2.39. The Morgan fingerprint density at radius 1 is 1.19 bits per heavy atom. The van der Waals surface area contributed by atoms with Gasteiger partial charge in [-0.05, 0) is 18.2 Å². The lowest BCUT2D eigenvalue weighted by atomic mass is 9.78. The third kappa shape index (κ3) is 2.62. The first-order valence-electron chi connectivity index (χ1n) is 4.96. The summed E-state index contributed by atoms with van der Waals surface area (Å²) in [7, 11) is 5.83. The second-order valence-corrected chi connectivity index (χ2v) is 3.59. The summed E-state index contributed by atoms with van der Waals surface area (Å²) in [5.74, 6) is -1.45. The molecule has 2 radical (unpaired) electrons. The van der Waals surface area contributed by atoms with Crippen LogP contribution >= 0.6 is 0 Å². The molecule has 4 nitrogen and oxygen atoms in total. The first kappa shape index (κ1) is 12.3. The van der Waals surface area contributed by atoms with E-state index in [9.17, 15) is 9.59 Å². The van der Waals surface area contributed by atoms with E-state index in [2.05, 4.69) is 0 Å². The van der Waals surface area contributed by atoms with Crippen molar-refractivity contribution in [2.75, 3.05) is 0 Å². The molecule has 0 bridgehead atoms. The molecular formula is C11H13BN2O2. The molecule has 0 aliphatic heterocycles. The summed E-state index contributed by atoms with van der Waals surface area (Å²) in [6.45, 7) is 1.91. The quantitative estimate of drug-likeness (QED) is 0.718. The van der Waals surface area contributed by atoms with E-state index < -0.39 is 11.8 Å². The molecule has 0 fully saturated rings. The van der Waals surface area contributed by atoms with Crippen molar-refractivity contribution in [2.24, 2.45) is 11.5 Å².